The third kappa shape index (κ3) is 2.83. The van der Waals surface area contributed by atoms with Crippen molar-refractivity contribution in [2.75, 3.05) is 13.7 Å². The number of nitrogens with zero attached hydrogens (tertiary/aromatic N) is 1. The molecule has 1 heterocycles. The fourth-order valence-electron chi connectivity index (χ4n) is 2.42. The van der Waals surface area contributed by atoms with Crippen LogP contribution in [0.15, 0.2) is 0 Å². The zero-order valence-corrected chi connectivity index (χ0v) is 11.9. The Hall–Kier alpha value is -1.10. The summed E-state index contributed by atoms with van der Waals surface area (Å²) in [5, 5.41) is 2.72. The smallest absolute Gasteiger partial charge is 0.245 e. The Bertz CT molecular complexity index is 317. The predicted octanol–water partition coefficient (Wildman–Crippen LogP) is 0.783. The zero-order valence-electron chi connectivity index (χ0n) is 11.9. The lowest BCUT2D eigenvalue weighted by Crippen LogP contribution is -2.66. The van der Waals surface area contributed by atoms with E-state index in [0.29, 0.717) is 13.0 Å². The van der Waals surface area contributed by atoms with Gasteiger partial charge in [0.15, 0.2) is 0 Å². The molecule has 0 aromatic heterocycles. The van der Waals surface area contributed by atoms with Gasteiger partial charge < -0.3 is 15.0 Å². The number of hydrogen-bond acceptors (Lipinski definition) is 3. The quantitative estimate of drug-likeness (QED) is 0.791. The summed E-state index contributed by atoms with van der Waals surface area (Å²) in [5.41, 5.74) is 0. The maximum atomic E-state index is 12.3. The van der Waals surface area contributed by atoms with Gasteiger partial charge in [-0.1, -0.05) is 20.8 Å². The lowest BCUT2D eigenvalue weighted by molar-refractivity contribution is -0.154. The second-order valence-corrected chi connectivity index (χ2v) is 5.17. The van der Waals surface area contributed by atoms with Gasteiger partial charge in [-0.15, -0.1) is 0 Å². The van der Waals surface area contributed by atoms with E-state index in [4.69, 9.17) is 4.74 Å². The zero-order chi connectivity index (χ0) is 13.9. The Balaban J connectivity index is 3.03. The molecule has 0 spiro atoms. The van der Waals surface area contributed by atoms with Crippen LogP contribution in [0.3, 0.4) is 0 Å². The van der Waals surface area contributed by atoms with Gasteiger partial charge in [0.2, 0.25) is 11.8 Å². The molecule has 1 saturated heterocycles. The monoisotopic (exact) mass is 256 g/mol. The highest BCUT2D eigenvalue weighted by Crippen LogP contribution is 2.21. The second kappa shape index (κ2) is 6.18. The van der Waals surface area contributed by atoms with Crippen LogP contribution in [0.1, 0.15) is 34.1 Å². The second-order valence-electron chi connectivity index (χ2n) is 5.17. The molecule has 0 bridgehead atoms. The van der Waals surface area contributed by atoms with Gasteiger partial charge in [0, 0.05) is 7.11 Å². The van der Waals surface area contributed by atoms with Gasteiger partial charge in [-0.2, -0.15) is 0 Å². The first-order valence-electron chi connectivity index (χ1n) is 6.55. The van der Waals surface area contributed by atoms with E-state index in [-0.39, 0.29) is 29.8 Å². The molecule has 3 unspecified atom stereocenters. The molecule has 1 N–H and O–H groups in total. The molecule has 0 saturated carbocycles. The fraction of sp³-hybridized carbons (Fsp3) is 0.846. The van der Waals surface area contributed by atoms with Crippen LogP contribution in [0.2, 0.25) is 0 Å². The number of ether oxygens (including phenoxy) is 1. The van der Waals surface area contributed by atoms with E-state index in [1.807, 2.05) is 20.8 Å². The Morgan fingerprint density at radius 1 is 1.39 bits per heavy atom. The molecular weight excluding hydrogens is 232 g/mol. The van der Waals surface area contributed by atoms with Gasteiger partial charge >= 0.3 is 0 Å². The molecule has 1 aliphatic rings. The highest BCUT2D eigenvalue weighted by molar-refractivity contribution is 5.96. The summed E-state index contributed by atoms with van der Waals surface area (Å²) >= 11 is 0. The van der Waals surface area contributed by atoms with Gasteiger partial charge in [-0.3, -0.25) is 9.59 Å². The fourth-order valence-corrected chi connectivity index (χ4v) is 2.42. The summed E-state index contributed by atoms with van der Waals surface area (Å²) in [7, 11) is 1.62. The van der Waals surface area contributed by atoms with Gasteiger partial charge in [0.05, 0.1) is 12.6 Å². The molecule has 1 aliphatic heterocycles. The van der Waals surface area contributed by atoms with Crippen molar-refractivity contribution in [1.29, 1.82) is 0 Å². The third-order valence-corrected chi connectivity index (χ3v) is 3.47. The average Bonchev–Trinajstić information content (AvgIpc) is 2.30. The molecule has 18 heavy (non-hydrogen) atoms. The Labute approximate surface area is 109 Å². The van der Waals surface area contributed by atoms with Gasteiger partial charge in [-0.05, 0) is 19.3 Å². The van der Waals surface area contributed by atoms with Crippen LogP contribution in [0.4, 0.5) is 0 Å². The minimum Gasteiger partial charge on any atom is -0.383 e. The van der Waals surface area contributed by atoms with Crippen molar-refractivity contribution < 1.29 is 14.3 Å². The summed E-state index contributed by atoms with van der Waals surface area (Å²) in [6.45, 7) is 8.19. The first kappa shape index (κ1) is 15.0. The Kier molecular flexibility index (Phi) is 5.14. The van der Waals surface area contributed by atoms with E-state index in [1.54, 1.807) is 18.9 Å². The number of hydrogen-bond donors (Lipinski definition) is 1. The van der Waals surface area contributed by atoms with Gasteiger partial charge in [0.25, 0.3) is 0 Å². The normalized spacial score (nSPS) is 26.4. The summed E-state index contributed by atoms with van der Waals surface area (Å²) in [5.74, 6) is 0.171. The molecule has 0 aliphatic carbocycles. The molecule has 104 valence electrons. The van der Waals surface area contributed by atoms with Crippen molar-refractivity contribution in [2.45, 2.75) is 52.2 Å². The number of methoxy groups -OCH3 is 1. The topological polar surface area (TPSA) is 58.6 Å². The van der Waals surface area contributed by atoms with Crippen molar-refractivity contribution in [2.24, 2.45) is 5.92 Å². The number of carbonyl (C=O) groups is 2. The maximum absolute atomic E-state index is 12.3. The molecule has 5 nitrogen and oxygen atoms in total. The summed E-state index contributed by atoms with van der Waals surface area (Å²) in [6, 6.07) is -0.879. The number of nitrogens with one attached hydrogen (secondary N) is 1. The molecule has 2 amide bonds. The highest BCUT2D eigenvalue weighted by Gasteiger charge is 2.41. The van der Waals surface area contributed by atoms with E-state index < -0.39 is 6.04 Å². The van der Waals surface area contributed by atoms with E-state index in [0.717, 1.165) is 0 Å². The van der Waals surface area contributed by atoms with Crippen LogP contribution >= 0.6 is 0 Å². The molecule has 3 atom stereocenters. The maximum Gasteiger partial charge on any atom is 0.245 e. The van der Waals surface area contributed by atoms with Gasteiger partial charge in [-0.25, -0.2) is 0 Å². The predicted molar refractivity (Wildman–Crippen MR) is 69.0 cm³/mol. The van der Waals surface area contributed by atoms with Crippen LogP contribution in [-0.4, -0.2) is 48.6 Å². The molecule has 0 aromatic rings. The molecule has 5 heteroatoms. The van der Waals surface area contributed by atoms with Crippen molar-refractivity contribution in [3.05, 3.63) is 0 Å². The number of carbonyl (C=O) groups excluding carboxylic acids is 2. The van der Waals surface area contributed by atoms with Gasteiger partial charge in [0.1, 0.15) is 12.1 Å². The van der Waals surface area contributed by atoms with Crippen LogP contribution in [-0.2, 0) is 14.3 Å². The van der Waals surface area contributed by atoms with Crippen molar-refractivity contribution in [3.63, 3.8) is 0 Å². The molecule has 1 fully saturated rings. The highest BCUT2D eigenvalue weighted by atomic mass is 16.5. The number of amides is 2. The van der Waals surface area contributed by atoms with E-state index in [2.05, 4.69) is 5.32 Å². The minimum absolute atomic E-state index is 0.0165. The molecular formula is C13H24N2O3. The van der Waals surface area contributed by atoms with Crippen LogP contribution in [0, 0.1) is 5.92 Å². The largest absolute Gasteiger partial charge is 0.383 e. The molecule has 1 rings (SSSR count). The third-order valence-electron chi connectivity index (χ3n) is 3.47. The molecule has 0 aromatic carbocycles. The lowest BCUT2D eigenvalue weighted by Gasteiger charge is -2.43. The Morgan fingerprint density at radius 2 is 2.00 bits per heavy atom. The lowest BCUT2D eigenvalue weighted by atomic mass is 9.96. The van der Waals surface area contributed by atoms with Crippen molar-refractivity contribution in [3.8, 4) is 0 Å². The Morgan fingerprint density at radius 3 is 2.44 bits per heavy atom. The van der Waals surface area contributed by atoms with Crippen LogP contribution in [0.25, 0.3) is 0 Å². The minimum atomic E-state index is -0.446. The van der Waals surface area contributed by atoms with E-state index in [9.17, 15) is 9.59 Å². The number of piperazine rings is 1. The van der Waals surface area contributed by atoms with E-state index >= 15 is 0 Å². The van der Waals surface area contributed by atoms with Crippen LogP contribution in [0.5, 0.6) is 0 Å². The van der Waals surface area contributed by atoms with Crippen molar-refractivity contribution >= 4 is 11.8 Å². The van der Waals surface area contributed by atoms with Crippen molar-refractivity contribution in [1.82, 2.24) is 10.2 Å². The summed E-state index contributed by atoms with van der Waals surface area (Å²) in [4.78, 5) is 26.0. The van der Waals surface area contributed by atoms with E-state index in [1.165, 1.54) is 0 Å². The standard InChI is InChI=1S/C13H24N2O3/c1-6-10-12(16)14-9(4)13(17)15(10)11(7-18-5)8(2)3/h8-11H,6-7H2,1-5H3,(H,14,16). The average molecular weight is 256 g/mol. The van der Waals surface area contributed by atoms with Crippen LogP contribution < -0.4 is 5.32 Å². The summed E-state index contributed by atoms with van der Waals surface area (Å²) in [6.07, 6.45) is 0.622. The summed E-state index contributed by atoms with van der Waals surface area (Å²) < 4.78 is 5.20. The first-order valence-corrected chi connectivity index (χ1v) is 6.55. The first-order chi connectivity index (χ1) is 8.43. The molecule has 0 radical (unpaired) electrons. The SMILES string of the molecule is CCC1C(=O)NC(C)C(=O)N1C(COC)C(C)C. The number of rotatable bonds is 5.